The largest absolute Gasteiger partial charge is 0.391 e. The Labute approximate surface area is 337 Å². The van der Waals surface area contributed by atoms with Crippen LogP contribution < -0.4 is 44.0 Å². The summed E-state index contributed by atoms with van der Waals surface area (Å²) in [5.74, 6) is 1.14. The van der Waals surface area contributed by atoms with E-state index in [4.69, 9.17) is 17.3 Å². The SMILES string of the molecule is CC(C)CC(C[C@@H](O)CNC(=O)[C@H](Cc1ccccc1)NC(=O)c1ccc(F)cc1)C(=O)N[C@@H](CCCNC(N)N)C(=O)C(=O)[C@H](Cc1c[nH]c2ccccc12)NN. The van der Waals surface area contributed by atoms with Crippen LogP contribution in [0, 0.1) is 17.7 Å². The Kier molecular flexibility index (Phi) is 17.6. The van der Waals surface area contributed by atoms with E-state index in [0.717, 1.165) is 34.2 Å². The molecule has 0 spiro atoms. The molecule has 3 amide bonds. The molecular weight excluding hydrogens is 746 g/mol. The highest BCUT2D eigenvalue weighted by atomic mass is 19.1. The first kappa shape index (κ1) is 45.3. The Morgan fingerprint density at radius 2 is 1.47 bits per heavy atom. The van der Waals surface area contributed by atoms with Gasteiger partial charge in [-0.1, -0.05) is 62.4 Å². The summed E-state index contributed by atoms with van der Waals surface area (Å²) < 4.78 is 13.5. The smallest absolute Gasteiger partial charge is 0.251 e. The number of hydrogen-bond donors (Lipinski definition) is 10. The fourth-order valence-electron chi connectivity index (χ4n) is 6.76. The molecule has 0 fully saturated rings. The van der Waals surface area contributed by atoms with Crippen molar-refractivity contribution >= 4 is 40.2 Å². The number of carbonyl (C=O) groups is 5. The summed E-state index contributed by atoms with van der Waals surface area (Å²) in [4.78, 5) is 71.1. The third-order valence-corrected chi connectivity index (χ3v) is 9.75. The normalized spacial score (nSPS) is 14.1. The third-order valence-electron chi connectivity index (χ3n) is 9.75. The van der Waals surface area contributed by atoms with E-state index < -0.39 is 71.5 Å². The Hall–Kier alpha value is -5.36. The maximum absolute atomic E-state index is 13.9. The lowest BCUT2D eigenvalue weighted by Gasteiger charge is -2.26. The van der Waals surface area contributed by atoms with Gasteiger partial charge in [-0.05, 0) is 86.0 Å². The number of amides is 3. The summed E-state index contributed by atoms with van der Waals surface area (Å²) in [7, 11) is 0. The molecule has 0 saturated carbocycles. The van der Waals surface area contributed by atoms with E-state index in [2.05, 4.69) is 31.7 Å². The minimum atomic E-state index is -1.22. The van der Waals surface area contributed by atoms with Crippen molar-refractivity contribution in [2.24, 2.45) is 29.1 Å². The van der Waals surface area contributed by atoms with Gasteiger partial charge in [-0.2, -0.15) is 0 Å². The van der Waals surface area contributed by atoms with Gasteiger partial charge in [-0.3, -0.25) is 35.1 Å². The fourth-order valence-corrected chi connectivity index (χ4v) is 6.76. The van der Waals surface area contributed by atoms with Gasteiger partial charge in [0.1, 0.15) is 18.1 Å². The van der Waals surface area contributed by atoms with E-state index in [-0.39, 0.29) is 43.7 Å². The number of halogens is 1. The van der Waals surface area contributed by atoms with Crippen molar-refractivity contribution in [2.75, 3.05) is 13.1 Å². The number of aliphatic hydroxyl groups excluding tert-OH is 1. The first-order valence-corrected chi connectivity index (χ1v) is 19.5. The number of aromatic nitrogens is 1. The van der Waals surface area contributed by atoms with Crippen molar-refractivity contribution in [1.29, 1.82) is 0 Å². The summed E-state index contributed by atoms with van der Waals surface area (Å²) >= 11 is 0. The maximum Gasteiger partial charge on any atom is 0.251 e. The average Bonchev–Trinajstić information content (AvgIpc) is 3.61. The number of Topliss-reactive ketones (excluding diaryl/α,β-unsaturated/α-hetero) is 2. The Morgan fingerprint density at radius 1 is 0.793 bits per heavy atom. The lowest BCUT2D eigenvalue weighted by molar-refractivity contribution is -0.140. The van der Waals surface area contributed by atoms with Crippen molar-refractivity contribution in [1.82, 2.24) is 31.7 Å². The second-order valence-electron chi connectivity index (χ2n) is 14.9. The van der Waals surface area contributed by atoms with E-state index in [1.165, 1.54) is 12.1 Å². The number of nitrogens with one attached hydrogen (secondary N) is 6. The molecule has 0 aliphatic rings. The van der Waals surface area contributed by atoms with Gasteiger partial charge >= 0.3 is 0 Å². The predicted octanol–water partition coefficient (Wildman–Crippen LogP) is 1.45. The molecule has 0 aliphatic carbocycles. The van der Waals surface area contributed by atoms with Crippen molar-refractivity contribution in [3.8, 4) is 0 Å². The summed E-state index contributed by atoms with van der Waals surface area (Å²) in [6, 6.07) is 18.1. The zero-order valence-corrected chi connectivity index (χ0v) is 32.9. The van der Waals surface area contributed by atoms with E-state index in [1.807, 2.05) is 44.2 Å². The van der Waals surface area contributed by atoms with Crippen molar-refractivity contribution in [3.63, 3.8) is 0 Å². The first-order chi connectivity index (χ1) is 27.7. The number of H-pyrrole nitrogens is 1. The Morgan fingerprint density at radius 3 is 2.14 bits per heavy atom. The van der Waals surface area contributed by atoms with Gasteiger partial charge < -0.3 is 37.5 Å². The molecule has 16 heteroatoms. The fraction of sp³-hybridized carbons (Fsp3) is 0.405. The van der Waals surface area contributed by atoms with Gasteiger partial charge in [-0.15, -0.1) is 0 Å². The highest BCUT2D eigenvalue weighted by Gasteiger charge is 2.34. The minimum Gasteiger partial charge on any atom is -0.391 e. The van der Waals surface area contributed by atoms with Crippen molar-refractivity contribution in [3.05, 3.63) is 108 Å². The van der Waals surface area contributed by atoms with E-state index >= 15 is 0 Å². The van der Waals surface area contributed by atoms with Gasteiger partial charge in [0.05, 0.1) is 18.2 Å². The minimum absolute atomic E-state index is 0.00230. The highest BCUT2D eigenvalue weighted by Crippen LogP contribution is 2.21. The number of aliphatic hydroxyl groups is 1. The molecule has 58 heavy (non-hydrogen) atoms. The van der Waals surface area contributed by atoms with Crippen LogP contribution in [0.2, 0.25) is 0 Å². The molecule has 312 valence electrons. The number of fused-ring (bicyclic) bond motifs is 1. The zero-order chi connectivity index (χ0) is 42.2. The van der Waals surface area contributed by atoms with Gasteiger partial charge in [-0.25, -0.2) is 9.82 Å². The summed E-state index contributed by atoms with van der Waals surface area (Å²) in [5, 5.41) is 23.0. The zero-order valence-electron chi connectivity index (χ0n) is 32.9. The van der Waals surface area contributed by atoms with Gasteiger partial charge in [0.25, 0.3) is 5.91 Å². The van der Waals surface area contributed by atoms with Crippen LogP contribution in [-0.4, -0.2) is 83.0 Å². The van der Waals surface area contributed by atoms with Crippen LogP contribution in [0.25, 0.3) is 10.9 Å². The quantitative estimate of drug-likeness (QED) is 0.0159. The number of nitrogens with two attached hydrogens (primary N) is 3. The summed E-state index contributed by atoms with van der Waals surface area (Å²) in [5.41, 5.74) is 16.3. The first-order valence-electron chi connectivity index (χ1n) is 19.5. The van der Waals surface area contributed by atoms with Gasteiger partial charge in [0.15, 0.2) is 0 Å². The molecule has 5 atom stereocenters. The summed E-state index contributed by atoms with van der Waals surface area (Å²) in [6.07, 6.45) is 0.674. The number of benzene rings is 3. The molecule has 4 rings (SSSR count). The number of ketones is 2. The molecule has 0 radical (unpaired) electrons. The monoisotopic (exact) mass is 801 g/mol. The number of carbonyl (C=O) groups excluding carboxylic acids is 5. The molecule has 0 aliphatic heterocycles. The number of hydrogen-bond acceptors (Lipinski definition) is 11. The molecule has 3 aromatic carbocycles. The maximum atomic E-state index is 13.9. The Balaban J connectivity index is 1.44. The second kappa shape index (κ2) is 22.5. The molecular formula is C42H56FN9O6. The van der Waals surface area contributed by atoms with Crippen LogP contribution in [0.3, 0.4) is 0 Å². The molecule has 0 saturated heterocycles. The van der Waals surface area contributed by atoms with E-state index in [1.54, 1.807) is 30.5 Å². The van der Waals surface area contributed by atoms with Crippen LogP contribution in [0.1, 0.15) is 61.0 Å². The molecule has 1 aromatic heterocycles. The van der Waals surface area contributed by atoms with Crippen LogP contribution in [-0.2, 0) is 32.0 Å². The second-order valence-corrected chi connectivity index (χ2v) is 14.9. The Bertz CT molecular complexity index is 1960. The van der Waals surface area contributed by atoms with Crippen LogP contribution in [0.5, 0.6) is 0 Å². The molecule has 15 nitrogen and oxygen atoms in total. The van der Waals surface area contributed by atoms with E-state index in [9.17, 15) is 33.5 Å². The third kappa shape index (κ3) is 13.9. The molecule has 1 heterocycles. The predicted molar refractivity (Wildman–Crippen MR) is 219 cm³/mol. The lowest BCUT2D eigenvalue weighted by Crippen LogP contribution is -2.53. The molecule has 1 unspecified atom stereocenters. The number of para-hydroxylation sites is 1. The lowest BCUT2D eigenvalue weighted by atomic mass is 9.89. The number of rotatable bonds is 24. The number of hydrazine groups is 1. The van der Waals surface area contributed by atoms with Crippen LogP contribution in [0.4, 0.5) is 4.39 Å². The average molecular weight is 802 g/mol. The van der Waals surface area contributed by atoms with Crippen LogP contribution >= 0.6 is 0 Å². The summed E-state index contributed by atoms with van der Waals surface area (Å²) in [6.45, 7) is 3.87. The van der Waals surface area contributed by atoms with Crippen LogP contribution in [0.15, 0.2) is 85.1 Å². The van der Waals surface area contributed by atoms with Gasteiger partial charge in [0, 0.05) is 41.5 Å². The molecule has 0 bridgehead atoms. The van der Waals surface area contributed by atoms with Crippen molar-refractivity contribution < 1.29 is 33.5 Å². The van der Waals surface area contributed by atoms with Crippen molar-refractivity contribution in [2.45, 2.75) is 82.9 Å². The topological polar surface area (TPSA) is 260 Å². The van der Waals surface area contributed by atoms with E-state index in [0.29, 0.717) is 19.4 Å². The standard InChI is InChI=1S/C42H56FN9O6/c1-25(2)19-28(21-31(53)24-49-41(58)36(20-26-9-4-3-5-10-26)51-39(56)27-14-16-30(43)17-15-27)40(57)50-34(13-8-18-47-42(44)45)37(54)38(55)35(52-46)22-29-23-48-33-12-7-6-11-32(29)33/h3-7,9-12,14-17,23,25,28,31,34-36,42,47-48,52-53H,8,13,18-22,24,44-46H2,1-2H3,(H,49,58)(H,50,57)(H,51,56)/t28?,31-,34+,35+,36+/m1/s1. The number of aromatic amines is 1. The molecule has 13 N–H and O–H groups in total. The highest BCUT2D eigenvalue weighted by molar-refractivity contribution is 6.41. The van der Waals surface area contributed by atoms with Gasteiger partial charge in [0.2, 0.25) is 23.4 Å². The molecule has 4 aromatic rings.